The smallest absolute Gasteiger partial charge is 0.270 e. The van der Waals surface area contributed by atoms with Crippen molar-refractivity contribution in [3.63, 3.8) is 0 Å². The van der Waals surface area contributed by atoms with Gasteiger partial charge in [0, 0.05) is 35.8 Å². The van der Waals surface area contributed by atoms with Gasteiger partial charge in [0.05, 0.1) is 17.6 Å². The largest absolute Gasteiger partial charge is 0.496 e. The van der Waals surface area contributed by atoms with E-state index in [0.717, 1.165) is 36.2 Å². The quantitative estimate of drug-likeness (QED) is 0.247. The van der Waals surface area contributed by atoms with Crippen molar-refractivity contribution in [3.8, 4) is 5.75 Å². The van der Waals surface area contributed by atoms with E-state index in [9.17, 15) is 27.7 Å². The monoisotopic (exact) mass is 525 g/mol. The first kappa shape index (κ1) is 25.8. The van der Waals surface area contributed by atoms with Crippen molar-refractivity contribution in [1.82, 2.24) is 9.29 Å². The van der Waals surface area contributed by atoms with Crippen LogP contribution in [0.2, 0.25) is 0 Å². The summed E-state index contributed by atoms with van der Waals surface area (Å²) in [6.07, 6.45) is 3.10. The van der Waals surface area contributed by atoms with Gasteiger partial charge in [-0.15, -0.1) is 0 Å². The van der Waals surface area contributed by atoms with Gasteiger partial charge in [0.25, 0.3) is 21.6 Å². The summed E-state index contributed by atoms with van der Waals surface area (Å²) < 4.78 is 48.5. The highest BCUT2D eigenvalue weighted by Gasteiger charge is 2.24. The summed E-state index contributed by atoms with van der Waals surface area (Å²) in [5.74, 6) is -1.83. The lowest BCUT2D eigenvalue weighted by atomic mass is 10.0. The van der Waals surface area contributed by atoms with Gasteiger partial charge in [0.15, 0.2) is 0 Å². The van der Waals surface area contributed by atoms with Crippen LogP contribution >= 0.6 is 0 Å². The zero-order valence-electron chi connectivity index (χ0n) is 20.1. The SMILES string of the molecule is CCCn1cc(Cc2ccc(OC)c(C(=O)NS(=O)(=O)c3ccccc3F)c2)c2cc([N+](=O)[O-])ccc21. The lowest BCUT2D eigenvalue weighted by Gasteiger charge is -2.12. The number of nitro groups is 1. The minimum atomic E-state index is -4.48. The van der Waals surface area contributed by atoms with Crippen LogP contribution in [-0.4, -0.2) is 30.9 Å². The lowest BCUT2D eigenvalue weighted by molar-refractivity contribution is -0.384. The van der Waals surface area contributed by atoms with Gasteiger partial charge in [-0.2, -0.15) is 0 Å². The van der Waals surface area contributed by atoms with Gasteiger partial charge in [0.2, 0.25) is 0 Å². The molecule has 0 fully saturated rings. The number of ether oxygens (including phenoxy) is 1. The van der Waals surface area contributed by atoms with E-state index < -0.39 is 31.6 Å². The molecule has 11 heteroatoms. The number of carbonyl (C=O) groups excluding carboxylic acids is 1. The highest BCUT2D eigenvalue weighted by Crippen LogP contribution is 2.29. The first-order valence-electron chi connectivity index (χ1n) is 11.4. The molecule has 0 spiro atoms. The zero-order chi connectivity index (χ0) is 26.7. The van der Waals surface area contributed by atoms with E-state index in [4.69, 9.17) is 4.74 Å². The Morgan fingerprint density at radius 1 is 1.14 bits per heavy atom. The summed E-state index contributed by atoms with van der Waals surface area (Å²) in [7, 11) is -3.14. The molecule has 0 aliphatic heterocycles. The molecule has 1 amide bonds. The maximum Gasteiger partial charge on any atom is 0.270 e. The van der Waals surface area contributed by atoms with Crippen molar-refractivity contribution in [2.45, 2.75) is 31.2 Å². The standard InChI is InChI=1S/C26H24FN3O6S/c1-3-12-29-16-18(20-15-19(30(32)33)9-10-23(20)29)13-17-8-11-24(36-2)21(14-17)26(31)28-37(34,35)25-7-5-4-6-22(25)27/h4-11,14-16H,3,12-13H2,1-2H3,(H,28,31). The summed E-state index contributed by atoms with van der Waals surface area (Å²) >= 11 is 0. The molecule has 1 aromatic heterocycles. The highest BCUT2D eigenvalue weighted by molar-refractivity contribution is 7.90. The molecule has 0 atom stereocenters. The molecule has 1 N–H and O–H groups in total. The number of hydrogen-bond acceptors (Lipinski definition) is 6. The van der Waals surface area contributed by atoms with E-state index in [-0.39, 0.29) is 17.0 Å². The van der Waals surface area contributed by atoms with E-state index in [1.54, 1.807) is 12.1 Å². The molecule has 0 saturated heterocycles. The second kappa shape index (κ2) is 10.4. The van der Waals surface area contributed by atoms with Crippen molar-refractivity contribution >= 4 is 32.5 Å². The van der Waals surface area contributed by atoms with Crippen LogP contribution in [0.3, 0.4) is 0 Å². The van der Waals surface area contributed by atoms with Gasteiger partial charge >= 0.3 is 0 Å². The Kier molecular flexibility index (Phi) is 7.25. The number of hydrogen-bond donors (Lipinski definition) is 1. The number of fused-ring (bicyclic) bond motifs is 1. The number of carbonyl (C=O) groups is 1. The normalized spacial score (nSPS) is 11.4. The molecule has 4 rings (SSSR count). The average molecular weight is 526 g/mol. The van der Waals surface area contributed by atoms with Gasteiger partial charge in [-0.1, -0.05) is 25.1 Å². The number of benzene rings is 3. The van der Waals surface area contributed by atoms with Crippen LogP contribution in [0.5, 0.6) is 5.75 Å². The van der Waals surface area contributed by atoms with Crippen LogP contribution in [0.1, 0.15) is 34.8 Å². The van der Waals surface area contributed by atoms with Crippen LogP contribution < -0.4 is 9.46 Å². The number of methoxy groups -OCH3 is 1. The number of halogens is 1. The molecule has 4 aromatic rings. The third-order valence-corrected chi connectivity index (χ3v) is 7.24. The minimum absolute atomic E-state index is 0.0313. The molecule has 37 heavy (non-hydrogen) atoms. The Labute approximate surface area is 212 Å². The fourth-order valence-electron chi connectivity index (χ4n) is 4.20. The predicted molar refractivity (Wildman–Crippen MR) is 136 cm³/mol. The molecule has 0 aliphatic rings. The van der Waals surface area contributed by atoms with Crippen molar-refractivity contribution in [3.05, 3.63) is 99.5 Å². The van der Waals surface area contributed by atoms with Gasteiger partial charge in [-0.05, 0) is 54.3 Å². The number of amides is 1. The first-order chi connectivity index (χ1) is 17.6. The molecule has 0 bridgehead atoms. The predicted octanol–water partition coefficient (Wildman–Crippen LogP) is 4.82. The summed E-state index contributed by atoms with van der Waals surface area (Å²) in [4.78, 5) is 23.2. The Balaban J connectivity index is 1.70. The van der Waals surface area contributed by atoms with Gasteiger partial charge in [-0.25, -0.2) is 17.5 Å². The Bertz CT molecular complexity index is 1610. The Morgan fingerprint density at radius 2 is 1.89 bits per heavy atom. The van der Waals surface area contributed by atoms with Crippen LogP contribution in [0.4, 0.5) is 10.1 Å². The number of nitro benzene ring substituents is 1. The molecule has 1 heterocycles. The number of sulfonamides is 1. The van der Waals surface area contributed by atoms with Gasteiger partial charge in [-0.3, -0.25) is 14.9 Å². The fourth-order valence-corrected chi connectivity index (χ4v) is 5.24. The summed E-state index contributed by atoms with van der Waals surface area (Å²) in [5.41, 5.74) is 2.23. The Morgan fingerprint density at radius 3 is 2.57 bits per heavy atom. The third-order valence-electron chi connectivity index (χ3n) is 5.88. The van der Waals surface area contributed by atoms with E-state index in [1.165, 1.54) is 43.5 Å². The van der Waals surface area contributed by atoms with Gasteiger partial charge in [0.1, 0.15) is 16.5 Å². The van der Waals surface area contributed by atoms with E-state index in [2.05, 4.69) is 0 Å². The molecule has 3 aromatic carbocycles. The fraction of sp³-hybridized carbons (Fsp3) is 0.192. The number of nitrogens with zero attached hydrogens (tertiary/aromatic N) is 2. The minimum Gasteiger partial charge on any atom is -0.496 e. The van der Waals surface area contributed by atoms with E-state index >= 15 is 0 Å². The Hall–Kier alpha value is -4.25. The highest BCUT2D eigenvalue weighted by atomic mass is 32.2. The first-order valence-corrected chi connectivity index (χ1v) is 12.9. The van der Waals surface area contributed by atoms with Crippen LogP contribution in [-0.2, 0) is 23.0 Å². The number of aromatic nitrogens is 1. The molecule has 0 unspecified atom stereocenters. The van der Waals surface area contributed by atoms with Crippen LogP contribution in [0.15, 0.2) is 71.8 Å². The molecule has 0 aliphatic carbocycles. The number of non-ortho nitro benzene ring substituents is 1. The molecular formula is C26H24FN3O6S. The van der Waals surface area contributed by atoms with Gasteiger partial charge < -0.3 is 9.30 Å². The topological polar surface area (TPSA) is 121 Å². The summed E-state index contributed by atoms with van der Waals surface area (Å²) in [5, 5.41) is 12.1. The second-order valence-corrected chi connectivity index (χ2v) is 10.0. The summed E-state index contributed by atoms with van der Waals surface area (Å²) in [6, 6.07) is 14.2. The van der Waals surface area contributed by atoms with Crippen molar-refractivity contribution in [2.75, 3.05) is 7.11 Å². The number of rotatable bonds is 9. The molecule has 192 valence electrons. The average Bonchev–Trinajstić information content (AvgIpc) is 3.20. The molecule has 0 saturated carbocycles. The zero-order valence-corrected chi connectivity index (χ0v) is 20.9. The summed E-state index contributed by atoms with van der Waals surface area (Å²) in [6.45, 7) is 2.75. The van der Waals surface area contributed by atoms with Crippen LogP contribution in [0.25, 0.3) is 10.9 Å². The van der Waals surface area contributed by atoms with Crippen LogP contribution in [0, 0.1) is 15.9 Å². The molecule has 9 nitrogen and oxygen atoms in total. The third kappa shape index (κ3) is 5.31. The lowest BCUT2D eigenvalue weighted by Crippen LogP contribution is -2.31. The second-order valence-electron chi connectivity index (χ2n) is 8.38. The maximum absolute atomic E-state index is 14.1. The number of nitrogens with one attached hydrogen (secondary N) is 1. The van der Waals surface area contributed by atoms with Crippen molar-refractivity contribution in [1.29, 1.82) is 0 Å². The van der Waals surface area contributed by atoms with E-state index in [1.807, 2.05) is 22.4 Å². The maximum atomic E-state index is 14.1. The number of aryl methyl sites for hydroxylation is 1. The molecule has 0 radical (unpaired) electrons. The van der Waals surface area contributed by atoms with Crippen molar-refractivity contribution in [2.24, 2.45) is 0 Å². The van der Waals surface area contributed by atoms with Crippen molar-refractivity contribution < 1.29 is 27.3 Å². The van der Waals surface area contributed by atoms with E-state index in [0.29, 0.717) is 17.4 Å². The molecular weight excluding hydrogens is 501 g/mol.